The Morgan fingerprint density at radius 3 is 2.71 bits per heavy atom. The highest BCUT2D eigenvalue weighted by Crippen LogP contribution is 2.65. The Hall–Kier alpha value is -1.56. The molecule has 6 heteroatoms. The summed E-state index contributed by atoms with van der Waals surface area (Å²) in [6, 6.07) is 0. The van der Waals surface area contributed by atoms with Gasteiger partial charge in [-0.25, -0.2) is 15.0 Å². The normalized spacial score (nSPS) is 26.0. The van der Waals surface area contributed by atoms with Crippen LogP contribution in [0.2, 0.25) is 0 Å². The summed E-state index contributed by atoms with van der Waals surface area (Å²) in [5.41, 5.74) is 0.388. The van der Waals surface area contributed by atoms with Crippen LogP contribution >= 0.6 is 11.3 Å². The summed E-state index contributed by atoms with van der Waals surface area (Å²) in [6.45, 7) is 3.92. The van der Waals surface area contributed by atoms with Gasteiger partial charge in [-0.05, 0) is 5.41 Å². The summed E-state index contributed by atoms with van der Waals surface area (Å²) in [4.78, 5) is 24.6. The van der Waals surface area contributed by atoms with Gasteiger partial charge in [-0.1, -0.05) is 25.2 Å². The molecule has 0 aliphatic heterocycles. The minimum atomic E-state index is -0.750. The summed E-state index contributed by atoms with van der Waals surface area (Å²) in [7, 11) is 0. The number of carboxylic acids is 1. The average Bonchev–Trinajstić information content (AvgIpc) is 2.68. The van der Waals surface area contributed by atoms with Gasteiger partial charge in [-0.3, -0.25) is 4.79 Å². The molecule has 17 heavy (non-hydrogen) atoms. The van der Waals surface area contributed by atoms with Gasteiger partial charge in [0, 0.05) is 18.3 Å². The predicted molar refractivity (Wildman–Crippen MR) is 62.9 cm³/mol. The monoisotopic (exact) mass is 249 g/mol. The highest BCUT2D eigenvalue weighted by Gasteiger charge is 2.64. The first-order valence-electron chi connectivity index (χ1n) is 5.32. The molecule has 5 nitrogen and oxygen atoms in total. The molecular weight excluding hydrogens is 238 g/mol. The molecule has 1 saturated carbocycles. The maximum absolute atomic E-state index is 11.1. The molecule has 1 aliphatic rings. The maximum atomic E-state index is 11.1. The van der Waals surface area contributed by atoms with E-state index < -0.39 is 5.97 Å². The molecule has 0 spiro atoms. The summed E-state index contributed by atoms with van der Waals surface area (Å²) < 4.78 is 0. The van der Waals surface area contributed by atoms with E-state index in [1.807, 2.05) is 13.8 Å². The first-order chi connectivity index (χ1) is 8.01. The topological polar surface area (TPSA) is 76.0 Å². The Balaban J connectivity index is 2.03. The number of hydrogen-bond acceptors (Lipinski definition) is 5. The number of rotatable bonds is 2. The van der Waals surface area contributed by atoms with E-state index in [1.54, 1.807) is 12.4 Å². The molecule has 2 atom stereocenters. The predicted octanol–water partition coefficient (Wildman–Crippen LogP) is 1.91. The van der Waals surface area contributed by atoms with E-state index in [1.165, 1.54) is 11.3 Å². The van der Waals surface area contributed by atoms with E-state index in [2.05, 4.69) is 15.0 Å². The van der Waals surface area contributed by atoms with E-state index >= 15 is 0 Å². The third-order valence-corrected chi connectivity index (χ3v) is 4.46. The van der Waals surface area contributed by atoms with Gasteiger partial charge >= 0.3 is 5.97 Å². The van der Waals surface area contributed by atoms with Crippen LogP contribution in [0.5, 0.6) is 0 Å². The number of carbonyl (C=O) groups is 1. The Kier molecular flexibility index (Phi) is 2.01. The zero-order valence-electron chi connectivity index (χ0n) is 9.41. The van der Waals surface area contributed by atoms with Crippen molar-refractivity contribution in [3.8, 4) is 0 Å². The zero-order chi connectivity index (χ0) is 12.2. The van der Waals surface area contributed by atoms with Crippen LogP contribution in [-0.2, 0) is 4.79 Å². The van der Waals surface area contributed by atoms with Crippen molar-refractivity contribution in [3.63, 3.8) is 0 Å². The Labute approximate surface area is 102 Å². The fraction of sp³-hybridized carbons (Fsp3) is 0.455. The van der Waals surface area contributed by atoms with Crippen LogP contribution in [0.15, 0.2) is 12.4 Å². The van der Waals surface area contributed by atoms with Gasteiger partial charge in [-0.15, -0.1) is 0 Å². The molecule has 0 aromatic carbocycles. The Bertz CT molecular complexity index is 575. The molecule has 1 aliphatic carbocycles. The lowest BCUT2D eigenvalue weighted by Gasteiger charge is -1.96. The van der Waals surface area contributed by atoms with Crippen molar-refractivity contribution >= 4 is 27.8 Å². The number of aliphatic carboxylic acids is 1. The van der Waals surface area contributed by atoms with Crippen molar-refractivity contribution in [2.24, 2.45) is 11.3 Å². The summed E-state index contributed by atoms with van der Waals surface area (Å²) in [5.74, 6) is -1.11. The fourth-order valence-corrected chi connectivity index (χ4v) is 3.59. The first kappa shape index (κ1) is 10.6. The zero-order valence-corrected chi connectivity index (χ0v) is 10.2. The minimum Gasteiger partial charge on any atom is -0.481 e. The molecule has 1 N–H and O–H groups in total. The number of fused-ring (bicyclic) bond motifs is 1. The van der Waals surface area contributed by atoms with Crippen molar-refractivity contribution in [3.05, 3.63) is 17.4 Å². The molecule has 0 bridgehead atoms. The fourth-order valence-electron chi connectivity index (χ4n) is 2.39. The largest absolute Gasteiger partial charge is 0.481 e. The molecule has 2 aromatic heterocycles. The second-order valence-corrected chi connectivity index (χ2v) is 5.86. The molecule has 2 aromatic rings. The van der Waals surface area contributed by atoms with Crippen molar-refractivity contribution in [1.29, 1.82) is 0 Å². The smallest absolute Gasteiger partial charge is 0.307 e. The van der Waals surface area contributed by atoms with Crippen LogP contribution < -0.4 is 0 Å². The van der Waals surface area contributed by atoms with Gasteiger partial charge in [0.2, 0.25) is 0 Å². The second-order valence-electron chi connectivity index (χ2n) is 4.85. The Morgan fingerprint density at radius 2 is 2.12 bits per heavy atom. The third-order valence-electron chi connectivity index (χ3n) is 3.42. The lowest BCUT2D eigenvalue weighted by Crippen LogP contribution is -2.03. The van der Waals surface area contributed by atoms with Gasteiger partial charge in [0.05, 0.1) is 5.92 Å². The quantitative estimate of drug-likeness (QED) is 0.879. The van der Waals surface area contributed by atoms with Crippen LogP contribution in [0.3, 0.4) is 0 Å². The van der Waals surface area contributed by atoms with Gasteiger partial charge in [0.15, 0.2) is 10.5 Å². The molecule has 2 heterocycles. The molecule has 3 rings (SSSR count). The number of nitrogens with zero attached hydrogens (tertiary/aromatic N) is 3. The van der Waals surface area contributed by atoms with E-state index in [9.17, 15) is 4.79 Å². The van der Waals surface area contributed by atoms with Gasteiger partial charge in [-0.2, -0.15) is 0 Å². The average molecular weight is 249 g/mol. The third kappa shape index (κ3) is 1.44. The molecule has 2 unspecified atom stereocenters. The molecule has 0 saturated heterocycles. The summed E-state index contributed by atoms with van der Waals surface area (Å²) in [5, 5.41) is 9.98. The number of thiazole rings is 1. The standard InChI is InChI=1S/C11H11N3O2S/c1-11(2)5(6(11)10(15)16)8-14-7-9(17-8)13-4-3-12-7/h3-6H,1-2H3,(H,15,16). The van der Waals surface area contributed by atoms with Crippen LogP contribution in [0.25, 0.3) is 10.5 Å². The number of hydrogen-bond donors (Lipinski definition) is 1. The van der Waals surface area contributed by atoms with E-state index in [-0.39, 0.29) is 17.3 Å². The molecule has 88 valence electrons. The maximum Gasteiger partial charge on any atom is 0.307 e. The van der Waals surface area contributed by atoms with E-state index in [0.717, 1.165) is 9.84 Å². The van der Waals surface area contributed by atoms with E-state index in [0.29, 0.717) is 5.65 Å². The minimum absolute atomic E-state index is 0.0130. The SMILES string of the molecule is CC1(C)C(C(=O)O)C1c1nc2nccnc2s1. The molecular formula is C11H11N3O2S. The van der Waals surface area contributed by atoms with Crippen molar-refractivity contribution in [2.45, 2.75) is 19.8 Å². The summed E-state index contributed by atoms with van der Waals surface area (Å²) in [6.07, 6.45) is 3.22. The van der Waals surface area contributed by atoms with Crippen LogP contribution in [0, 0.1) is 11.3 Å². The highest BCUT2D eigenvalue weighted by molar-refractivity contribution is 7.18. The first-order valence-corrected chi connectivity index (χ1v) is 6.13. The summed E-state index contributed by atoms with van der Waals surface area (Å²) >= 11 is 1.44. The van der Waals surface area contributed by atoms with Crippen molar-refractivity contribution in [1.82, 2.24) is 15.0 Å². The van der Waals surface area contributed by atoms with E-state index in [4.69, 9.17) is 5.11 Å². The lowest BCUT2D eigenvalue weighted by atomic mass is 10.1. The molecule has 0 radical (unpaired) electrons. The van der Waals surface area contributed by atoms with Crippen molar-refractivity contribution in [2.75, 3.05) is 0 Å². The van der Waals surface area contributed by atoms with Gasteiger partial charge in [0.1, 0.15) is 5.01 Å². The number of aromatic nitrogens is 3. The van der Waals surface area contributed by atoms with Gasteiger partial charge in [0.25, 0.3) is 0 Å². The number of carboxylic acid groups (broad SMARTS) is 1. The highest BCUT2D eigenvalue weighted by atomic mass is 32.1. The Morgan fingerprint density at radius 1 is 1.41 bits per heavy atom. The molecule has 1 fully saturated rings. The van der Waals surface area contributed by atoms with Crippen LogP contribution in [0.1, 0.15) is 24.8 Å². The van der Waals surface area contributed by atoms with Crippen molar-refractivity contribution < 1.29 is 9.90 Å². The molecule has 0 amide bonds. The van der Waals surface area contributed by atoms with Crippen LogP contribution in [0.4, 0.5) is 0 Å². The lowest BCUT2D eigenvalue weighted by molar-refractivity contribution is -0.139. The van der Waals surface area contributed by atoms with Crippen LogP contribution in [-0.4, -0.2) is 26.0 Å². The van der Waals surface area contributed by atoms with Gasteiger partial charge < -0.3 is 5.11 Å². The second kappa shape index (κ2) is 3.22.